The van der Waals surface area contributed by atoms with Gasteiger partial charge in [-0.3, -0.25) is 0 Å². The van der Waals surface area contributed by atoms with Gasteiger partial charge in [0.2, 0.25) is 0 Å². The van der Waals surface area contributed by atoms with Crippen molar-refractivity contribution in [3.05, 3.63) is 28.2 Å². The van der Waals surface area contributed by atoms with Crippen molar-refractivity contribution in [3.63, 3.8) is 0 Å². The van der Waals surface area contributed by atoms with Gasteiger partial charge in [-0.1, -0.05) is 28.9 Å². The van der Waals surface area contributed by atoms with E-state index in [1.54, 1.807) is 7.11 Å². The Labute approximate surface area is 137 Å². The Bertz CT molecular complexity index is 450. The number of methoxy groups -OCH3 is 1. The van der Waals surface area contributed by atoms with Crippen LogP contribution in [0, 0.1) is 5.92 Å². The molecule has 1 aliphatic heterocycles. The summed E-state index contributed by atoms with van der Waals surface area (Å²) < 4.78 is 6.52. The number of rotatable bonds is 6. The van der Waals surface area contributed by atoms with Gasteiger partial charge in [-0.05, 0) is 49.9 Å². The zero-order chi connectivity index (χ0) is 15.2. The molecule has 2 unspecified atom stereocenters. The minimum atomic E-state index is 0.376. The van der Waals surface area contributed by atoms with E-state index < -0.39 is 0 Å². The Morgan fingerprint density at radius 3 is 2.95 bits per heavy atom. The van der Waals surface area contributed by atoms with Crippen molar-refractivity contribution in [2.75, 3.05) is 38.3 Å². The van der Waals surface area contributed by atoms with Crippen LogP contribution in [0.4, 0.5) is 5.69 Å². The second kappa shape index (κ2) is 8.16. The van der Waals surface area contributed by atoms with Crippen molar-refractivity contribution in [2.45, 2.75) is 32.7 Å². The average Bonchev–Trinajstić information content (AvgIpc) is 2.48. The second-order valence-corrected chi connectivity index (χ2v) is 6.75. The van der Waals surface area contributed by atoms with E-state index >= 15 is 0 Å². The van der Waals surface area contributed by atoms with Gasteiger partial charge in [0.25, 0.3) is 0 Å². The molecule has 1 aliphatic rings. The van der Waals surface area contributed by atoms with E-state index in [0.717, 1.165) is 26.2 Å². The first-order valence-electron chi connectivity index (χ1n) is 7.92. The highest BCUT2D eigenvalue weighted by Crippen LogP contribution is 2.30. The number of hydrogen-bond donors (Lipinski definition) is 1. The van der Waals surface area contributed by atoms with Gasteiger partial charge < -0.3 is 15.0 Å². The van der Waals surface area contributed by atoms with Gasteiger partial charge in [0.15, 0.2) is 0 Å². The number of hydrogen-bond acceptors (Lipinski definition) is 3. The van der Waals surface area contributed by atoms with E-state index in [9.17, 15) is 0 Å². The molecule has 21 heavy (non-hydrogen) atoms. The number of ether oxygens (including phenoxy) is 1. The van der Waals surface area contributed by atoms with Gasteiger partial charge in [0.05, 0.1) is 6.61 Å². The molecule has 0 radical (unpaired) electrons. The number of nitrogens with zero attached hydrogens (tertiary/aromatic N) is 1. The topological polar surface area (TPSA) is 24.5 Å². The zero-order valence-electron chi connectivity index (χ0n) is 13.4. The molecule has 4 heteroatoms. The SMILES string of the molecule is CCNC(C)c1ccc(N2CCCC(COC)C2)cc1Br. The summed E-state index contributed by atoms with van der Waals surface area (Å²) in [4.78, 5) is 2.49. The van der Waals surface area contributed by atoms with Crippen LogP contribution in [0.1, 0.15) is 38.3 Å². The molecule has 1 aromatic carbocycles. The molecule has 0 bridgehead atoms. The summed E-state index contributed by atoms with van der Waals surface area (Å²) in [5, 5.41) is 3.47. The van der Waals surface area contributed by atoms with Crippen LogP contribution in [0.25, 0.3) is 0 Å². The number of piperidine rings is 1. The van der Waals surface area contributed by atoms with Crippen molar-refractivity contribution >= 4 is 21.6 Å². The Hall–Kier alpha value is -0.580. The van der Waals surface area contributed by atoms with Gasteiger partial charge in [0, 0.05) is 36.4 Å². The van der Waals surface area contributed by atoms with Crippen LogP contribution in [0.15, 0.2) is 22.7 Å². The number of benzene rings is 1. The smallest absolute Gasteiger partial charge is 0.0507 e. The van der Waals surface area contributed by atoms with Crippen molar-refractivity contribution in [3.8, 4) is 0 Å². The van der Waals surface area contributed by atoms with Crippen molar-refractivity contribution in [1.29, 1.82) is 0 Å². The molecule has 1 aromatic rings. The quantitative estimate of drug-likeness (QED) is 0.835. The fourth-order valence-corrected chi connectivity index (χ4v) is 3.86. The highest BCUT2D eigenvalue weighted by Gasteiger charge is 2.20. The van der Waals surface area contributed by atoms with E-state index in [0.29, 0.717) is 12.0 Å². The fraction of sp³-hybridized carbons (Fsp3) is 0.647. The Morgan fingerprint density at radius 2 is 2.29 bits per heavy atom. The minimum absolute atomic E-state index is 0.376. The Balaban J connectivity index is 2.08. The summed E-state index contributed by atoms with van der Waals surface area (Å²) in [6, 6.07) is 7.13. The van der Waals surface area contributed by atoms with Crippen LogP contribution >= 0.6 is 15.9 Å². The zero-order valence-corrected chi connectivity index (χ0v) is 14.9. The molecular formula is C17H27BrN2O. The maximum atomic E-state index is 5.32. The van der Waals surface area contributed by atoms with Crippen molar-refractivity contribution < 1.29 is 4.74 Å². The van der Waals surface area contributed by atoms with Gasteiger partial charge >= 0.3 is 0 Å². The minimum Gasteiger partial charge on any atom is -0.384 e. The monoisotopic (exact) mass is 354 g/mol. The van der Waals surface area contributed by atoms with Crippen LogP contribution < -0.4 is 10.2 Å². The Morgan fingerprint density at radius 1 is 1.48 bits per heavy atom. The molecule has 1 saturated heterocycles. The third-order valence-corrected chi connectivity index (χ3v) is 4.93. The molecule has 0 spiro atoms. The van der Waals surface area contributed by atoms with E-state index in [-0.39, 0.29) is 0 Å². The summed E-state index contributed by atoms with van der Waals surface area (Å²) in [6.07, 6.45) is 2.53. The predicted octanol–water partition coefficient (Wildman–Crippen LogP) is 3.98. The lowest BCUT2D eigenvalue weighted by Crippen LogP contribution is -2.37. The van der Waals surface area contributed by atoms with Gasteiger partial charge in [-0.15, -0.1) is 0 Å². The lowest BCUT2D eigenvalue weighted by molar-refractivity contribution is 0.143. The standard InChI is InChI=1S/C17H27BrN2O/c1-4-19-13(2)16-8-7-15(10-17(16)18)20-9-5-6-14(11-20)12-21-3/h7-8,10,13-14,19H,4-6,9,11-12H2,1-3H3. The van der Waals surface area contributed by atoms with E-state index in [2.05, 4.69) is 58.2 Å². The summed E-state index contributed by atoms with van der Waals surface area (Å²) >= 11 is 3.74. The first kappa shape index (κ1) is 16.8. The van der Waals surface area contributed by atoms with E-state index in [1.807, 2.05) is 0 Å². The molecule has 0 aromatic heterocycles. The van der Waals surface area contributed by atoms with Crippen LogP contribution in [-0.2, 0) is 4.74 Å². The average molecular weight is 355 g/mol. The summed E-state index contributed by atoms with van der Waals surface area (Å²) in [7, 11) is 1.80. The van der Waals surface area contributed by atoms with Crippen LogP contribution in [-0.4, -0.2) is 33.4 Å². The second-order valence-electron chi connectivity index (χ2n) is 5.89. The summed E-state index contributed by atoms with van der Waals surface area (Å²) in [6.45, 7) is 8.45. The van der Waals surface area contributed by atoms with E-state index in [4.69, 9.17) is 4.74 Å². The van der Waals surface area contributed by atoms with Crippen molar-refractivity contribution in [1.82, 2.24) is 5.32 Å². The van der Waals surface area contributed by atoms with Gasteiger partial charge in [-0.25, -0.2) is 0 Å². The van der Waals surface area contributed by atoms with Crippen LogP contribution in [0.2, 0.25) is 0 Å². The molecule has 1 fully saturated rings. The predicted molar refractivity (Wildman–Crippen MR) is 93.0 cm³/mol. The highest BCUT2D eigenvalue weighted by atomic mass is 79.9. The molecule has 0 aliphatic carbocycles. The molecule has 1 heterocycles. The van der Waals surface area contributed by atoms with Crippen LogP contribution in [0.5, 0.6) is 0 Å². The lowest BCUT2D eigenvalue weighted by Gasteiger charge is -2.34. The number of halogens is 1. The molecular weight excluding hydrogens is 328 g/mol. The molecule has 1 N–H and O–H groups in total. The molecule has 0 amide bonds. The first-order chi connectivity index (χ1) is 10.2. The summed E-state index contributed by atoms with van der Waals surface area (Å²) in [5.41, 5.74) is 2.64. The molecule has 0 saturated carbocycles. The van der Waals surface area contributed by atoms with Crippen molar-refractivity contribution in [2.24, 2.45) is 5.92 Å². The lowest BCUT2D eigenvalue weighted by atomic mass is 9.98. The summed E-state index contributed by atoms with van der Waals surface area (Å²) in [5.74, 6) is 0.655. The van der Waals surface area contributed by atoms with Gasteiger partial charge in [0.1, 0.15) is 0 Å². The molecule has 3 nitrogen and oxygen atoms in total. The fourth-order valence-electron chi connectivity index (χ4n) is 3.15. The highest BCUT2D eigenvalue weighted by molar-refractivity contribution is 9.10. The third kappa shape index (κ3) is 4.44. The maximum Gasteiger partial charge on any atom is 0.0507 e. The normalized spacial score (nSPS) is 20.6. The maximum absolute atomic E-state index is 5.32. The largest absolute Gasteiger partial charge is 0.384 e. The molecule has 2 rings (SSSR count). The molecule has 2 atom stereocenters. The van der Waals surface area contributed by atoms with E-state index in [1.165, 1.54) is 28.6 Å². The number of nitrogens with one attached hydrogen (secondary N) is 1. The molecule has 118 valence electrons. The third-order valence-electron chi connectivity index (χ3n) is 4.25. The Kier molecular flexibility index (Phi) is 6.52. The number of anilines is 1. The van der Waals surface area contributed by atoms with Gasteiger partial charge in [-0.2, -0.15) is 0 Å². The first-order valence-corrected chi connectivity index (χ1v) is 8.71. The van der Waals surface area contributed by atoms with Crippen LogP contribution in [0.3, 0.4) is 0 Å².